The number of benzene rings is 8. The molecule has 6 nitrogen and oxygen atoms in total. The van der Waals surface area contributed by atoms with Crippen LogP contribution in [0.5, 0.6) is 0 Å². The van der Waals surface area contributed by atoms with Crippen molar-refractivity contribution in [2.24, 2.45) is 0 Å². The summed E-state index contributed by atoms with van der Waals surface area (Å²) in [4.78, 5) is 14.8. The van der Waals surface area contributed by atoms with E-state index in [1.807, 2.05) is 72.8 Å². The van der Waals surface area contributed by atoms with Gasteiger partial charge >= 0.3 is 0 Å². The van der Waals surface area contributed by atoms with Gasteiger partial charge in [0.05, 0.1) is 22.1 Å². The van der Waals surface area contributed by atoms with Crippen molar-refractivity contribution in [3.8, 4) is 45.5 Å². The van der Waals surface area contributed by atoms with Crippen LogP contribution in [0.25, 0.3) is 111 Å². The van der Waals surface area contributed by atoms with Crippen molar-refractivity contribution in [1.29, 1.82) is 0 Å². The normalized spacial score (nSPS) is 11.9. The lowest BCUT2D eigenvalue weighted by molar-refractivity contribution is 0.669. The molecule has 0 aliphatic carbocycles. The van der Waals surface area contributed by atoms with Crippen LogP contribution in [0, 0.1) is 0 Å². The van der Waals surface area contributed by atoms with E-state index in [0.717, 1.165) is 72.1 Å². The zero-order chi connectivity index (χ0) is 37.5. The van der Waals surface area contributed by atoms with Gasteiger partial charge in [0.25, 0.3) is 0 Å². The molecule has 266 valence electrons. The Morgan fingerprint density at radius 3 is 1.40 bits per heavy atom. The zero-order valence-corrected chi connectivity index (χ0v) is 30.5. The summed E-state index contributed by atoms with van der Waals surface area (Å²) in [6.45, 7) is 0. The van der Waals surface area contributed by atoms with E-state index >= 15 is 0 Å². The number of furan rings is 1. The first-order valence-electron chi connectivity index (χ1n) is 19.1. The zero-order valence-electron chi connectivity index (χ0n) is 30.5. The minimum absolute atomic E-state index is 0.632. The van der Waals surface area contributed by atoms with Crippen molar-refractivity contribution >= 4 is 65.6 Å². The van der Waals surface area contributed by atoms with Crippen LogP contribution in [0.4, 0.5) is 0 Å². The van der Waals surface area contributed by atoms with Crippen LogP contribution in [0.2, 0.25) is 0 Å². The van der Waals surface area contributed by atoms with Gasteiger partial charge in [-0.3, -0.25) is 0 Å². The molecule has 0 spiro atoms. The second-order valence-electron chi connectivity index (χ2n) is 14.5. The second kappa shape index (κ2) is 12.3. The molecule has 0 atom stereocenters. The maximum Gasteiger partial charge on any atom is 0.164 e. The van der Waals surface area contributed by atoms with E-state index in [1.54, 1.807) is 0 Å². The van der Waals surface area contributed by atoms with E-state index in [2.05, 4.69) is 124 Å². The number of hydrogen-bond donors (Lipinski definition) is 0. The quantitative estimate of drug-likeness (QED) is 0.177. The molecule has 0 aliphatic heterocycles. The summed E-state index contributed by atoms with van der Waals surface area (Å²) < 4.78 is 11.1. The fraction of sp³-hybridized carbons (Fsp3) is 0. The number of nitrogens with zero attached hydrogens (tertiary/aromatic N) is 5. The molecule has 6 heteroatoms. The molecule has 0 saturated heterocycles. The molecule has 0 amide bonds. The number of rotatable bonds is 5. The number of aromatic nitrogens is 5. The molecule has 4 aromatic heterocycles. The maximum absolute atomic E-state index is 6.33. The summed E-state index contributed by atoms with van der Waals surface area (Å²) in [6.07, 6.45) is 0. The first-order chi connectivity index (χ1) is 28.2. The highest BCUT2D eigenvalue weighted by molar-refractivity contribution is 6.17. The molecule has 0 unspecified atom stereocenters. The van der Waals surface area contributed by atoms with Gasteiger partial charge in [-0.15, -0.1) is 0 Å². The molecule has 12 rings (SSSR count). The Kier molecular flexibility index (Phi) is 6.83. The first-order valence-corrected chi connectivity index (χ1v) is 19.1. The molecule has 8 aromatic carbocycles. The second-order valence-corrected chi connectivity index (χ2v) is 14.5. The molecule has 0 aliphatic rings. The van der Waals surface area contributed by atoms with E-state index in [0.29, 0.717) is 17.5 Å². The molecule has 12 aromatic rings. The fourth-order valence-electron chi connectivity index (χ4n) is 8.54. The molecule has 0 saturated carbocycles. The smallest absolute Gasteiger partial charge is 0.164 e. The Bertz CT molecular complexity index is 3450. The lowest BCUT2D eigenvalue weighted by Gasteiger charge is -2.11. The van der Waals surface area contributed by atoms with Crippen molar-refractivity contribution < 1.29 is 4.42 Å². The van der Waals surface area contributed by atoms with Crippen LogP contribution in [0.3, 0.4) is 0 Å². The van der Waals surface area contributed by atoms with E-state index in [4.69, 9.17) is 19.4 Å². The monoisotopic (exact) mass is 729 g/mol. The van der Waals surface area contributed by atoms with E-state index < -0.39 is 0 Å². The number of hydrogen-bond acceptors (Lipinski definition) is 4. The molecular formula is C51H31N5O. The van der Waals surface area contributed by atoms with Gasteiger partial charge in [0.1, 0.15) is 11.2 Å². The summed E-state index contributed by atoms with van der Waals surface area (Å²) in [6, 6.07) is 65.7. The van der Waals surface area contributed by atoms with Crippen molar-refractivity contribution in [1.82, 2.24) is 24.1 Å². The maximum atomic E-state index is 6.33. The molecule has 0 bridgehead atoms. The lowest BCUT2D eigenvalue weighted by atomic mass is 10.1. The van der Waals surface area contributed by atoms with Gasteiger partial charge < -0.3 is 13.6 Å². The van der Waals surface area contributed by atoms with Gasteiger partial charge in [0, 0.05) is 60.4 Å². The standard InChI is InChI=1S/C51H31N5O/c1-3-13-32(14-4-1)49-52-50(33-15-5-2-6-16-33)54-51(53-49)34-23-25-35(26-24-34)55-43-20-10-7-17-37(43)40-29-36(27-28-45(40)55)56-44-21-11-8-18-38(44)41-31-48-42(30-46(41)56)39-19-9-12-22-47(39)57-48/h1-31H. The van der Waals surface area contributed by atoms with Crippen LogP contribution >= 0.6 is 0 Å². The largest absolute Gasteiger partial charge is 0.456 e. The molecular weight excluding hydrogens is 699 g/mol. The van der Waals surface area contributed by atoms with E-state index in [9.17, 15) is 0 Å². The van der Waals surface area contributed by atoms with Gasteiger partial charge in [0.15, 0.2) is 17.5 Å². The summed E-state index contributed by atoms with van der Waals surface area (Å²) in [7, 11) is 0. The average Bonchev–Trinajstić information content (AvgIpc) is 3.93. The third-order valence-electron chi connectivity index (χ3n) is 11.2. The van der Waals surface area contributed by atoms with Gasteiger partial charge in [-0.1, -0.05) is 115 Å². The van der Waals surface area contributed by atoms with Crippen molar-refractivity contribution in [2.45, 2.75) is 0 Å². The Labute approximate surface area is 326 Å². The van der Waals surface area contributed by atoms with Gasteiger partial charge in [0.2, 0.25) is 0 Å². The Hall–Kier alpha value is -7.83. The third kappa shape index (κ3) is 4.94. The molecule has 0 fully saturated rings. The van der Waals surface area contributed by atoms with Crippen LogP contribution < -0.4 is 0 Å². The fourth-order valence-corrected chi connectivity index (χ4v) is 8.54. The highest BCUT2D eigenvalue weighted by atomic mass is 16.3. The van der Waals surface area contributed by atoms with Crippen molar-refractivity contribution in [3.05, 3.63) is 188 Å². The summed E-state index contributed by atoms with van der Waals surface area (Å²) >= 11 is 0. The van der Waals surface area contributed by atoms with Crippen LogP contribution in [-0.4, -0.2) is 24.1 Å². The summed E-state index contributed by atoms with van der Waals surface area (Å²) in [5, 5.41) is 6.99. The SMILES string of the molecule is c1ccc(-c2nc(-c3ccccc3)nc(-c3ccc(-n4c5ccccc5c5cc(-n6c7ccccc7c7cc8oc9ccccc9c8cc76)ccc54)cc3)n2)cc1. The van der Waals surface area contributed by atoms with Gasteiger partial charge in [-0.05, 0) is 72.8 Å². The molecule has 57 heavy (non-hydrogen) atoms. The van der Waals surface area contributed by atoms with Crippen molar-refractivity contribution in [3.63, 3.8) is 0 Å². The van der Waals surface area contributed by atoms with Crippen LogP contribution in [0.15, 0.2) is 192 Å². The third-order valence-corrected chi connectivity index (χ3v) is 11.2. The van der Waals surface area contributed by atoms with Gasteiger partial charge in [-0.2, -0.15) is 0 Å². The van der Waals surface area contributed by atoms with Gasteiger partial charge in [-0.25, -0.2) is 15.0 Å². The number of fused-ring (bicyclic) bond motifs is 9. The molecule has 0 N–H and O–H groups in total. The average molecular weight is 730 g/mol. The lowest BCUT2D eigenvalue weighted by Crippen LogP contribution is -2.00. The Morgan fingerprint density at radius 1 is 0.298 bits per heavy atom. The predicted octanol–water partition coefficient (Wildman–Crippen LogP) is 13.0. The summed E-state index contributed by atoms with van der Waals surface area (Å²) in [5.74, 6) is 1.92. The summed E-state index contributed by atoms with van der Waals surface area (Å²) in [5.41, 5.74) is 11.4. The Morgan fingerprint density at radius 2 is 0.772 bits per heavy atom. The molecule has 0 radical (unpaired) electrons. The number of para-hydroxylation sites is 3. The Balaban J connectivity index is 1.01. The predicted molar refractivity (Wildman–Crippen MR) is 232 cm³/mol. The topological polar surface area (TPSA) is 61.7 Å². The molecule has 4 heterocycles. The van der Waals surface area contributed by atoms with Crippen LogP contribution in [-0.2, 0) is 0 Å². The highest BCUT2D eigenvalue weighted by Crippen LogP contribution is 2.40. The van der Waals surface area contributed by atoms with E-state index in [1.165, 1.54) is 21.5 Å². The minimum Gasteiger partial charge on any atom is -0.456 e. The minimum atomic E-state index is 0.632. The van der Waals surface area contributed by atoms with Crippen molar-refractivity contribution in [2.75, 3.05) is 0 Å². The highest BCUT2D eigenvalue weighted by Gasteiger charge is 2.19. The van der Waals surface area contributed by atoms with Crippen LogP contribution in [0.1, 0.15) is 0 Å². The first kappa shape index (κ1) is 31.5. The van der Waals surface area contributed by atoms with E-state index in [-0.39, 0.29) is 0 Å².